The molecule has 0 bridgehead atoms. The van der Waals surface area contributed by atoms with E-state index in [-0.39, 0.29) is 0 Å². The molecule has 0 radical (unpaired) electrons. The molecule has 0 amide bonds. The maximum absolute atomic E-state index is 5.82. The van der Waals surface area contributed by atoms with E-state index in [1.54, 1.807) is 0 Å². The van der Waals surface area contributed by atoms with Crippen LogP contribution in [-0.4, -0.2) is 16.0 Å². The minimum absolute atomic E-state index is 0.358. The van der Waals surface area contributed by atoms with E-state index in [2.05, 4.69) is 51.0 Å². The molecule has 3 rings (SSSR count). The van der Waals surface area contributed by atoms with Crippen LogP contribution in [-0.2, 0) is 0 Å². The molecule has 4 heteroatoms. The van der Waals surface area contributed by atoms with Crippen molar-refractivity contribution in [1.82, 2.24) is 9.97 Å². The highest BCUT2D eigenvalue weighted by atomic mass is 79.9. The number of nitrogens with one attached hydrogen (secondary N) is 1. The van der Waals surface area contributed by atoms with Gasteiger partial charge in [0.15, 0.2) is 0 Å². The molecule has 1 fully saturated rings. The first-order valence-electron chi connectivity index (χ1n) is 6.20. The summed E-state index contributed by atoms with van der Waals surface area (Å²) in [6.45, 7) is 2.11. The molecule has 2 aromatic rings. The Labute approximate surface area is 115 Å². The monoisotopic (exact) mass is 305 g/mol. The highest BCUT2D eigenvalue weighted by Crippen LogP contribution is 2.35. The van der Waals surface area contributed by atoms with Crippen molar-refractivity contribution in [3.05, 3.63) is 40.3 Å². The Morgan fingerprint density at radius 3 is 2.89 bits per heavy atom. The van der Waals surface area contributed by atoms with Crippen molar-refractivity contribution >= 4 is 15.9 Å². The van der Waals surface area contributed by atoms with E-state index < -0.39 is 0 Å². The van der Waals surface area contributed by atoms with Crippen LogP contribution in [0.15, 0.2) is 28.9 Å². The molecule has 1 aromatic carbocycles. The summed E-state index contributed by atoms with van der Waals surface area (Å²) in [5, 5.41) is 0. The molecule has 3 N–H and O–H groups in total. The van der Waals surface area contributed by atoms with Gasteiger partial charge in [-0.05, 0) is 37.5 Å². The van der Waals surface area contributed by atoms with Gasteiger partial charge in [0, 0.05) is 22.0 Å². The van der Waals surface area contributed by atoms with E-state index in [0.29, 0.717) is 12.0 Å². The molecule has 0 atom stereocenters. The predicted octanol–water partition coefficient (Wildman–Crippen LogP) is 3.35. The zero-order valence-corrected chi connectivity index (χ0v) is 11.9. The molecule has 0 unspecified atom stereocenters. The molecule has 94 valence electrons. The van der Waals surface area contributed by atoms with E-state index >= 15 is 0 Å². The van der Waals surface area contributed by atoms with Crippen LogP contribution in [0.1, 0.15) is 30.1 Å². The summed E-state index contributed by atoms with van der Waals surface area (Å²) in [5.74, 6) is 1.59. The number of imidazole rings is 1. The Hall–Kier alpha value is -1.13. The van der Waals surface area contributed by atoms with Crippen LogP contribution in [0.5, 0.6) is 0 Å². The molecule has 0 aliphatic heterocycles. The van der Waals surface area contributed by atoms with Crippen LogP contribution < -0.4 is 5.73 Å². The quantitative estimate of drug-likeness (QED) is 0.894. The van der Waals surface area contributed by atoms with Gasteiger partial charge in [-0.25, -0.2) is 4.98 Å². The lowest BCUT2D eigenvalue weighted by Gasteiger charge is -2.30. The second kappa shape index (κ2) is 4.52. The molecular weight excluding hydrogens is 290 g/mol. The van der Waals surface area contributed by atoms with Gasteiger partial charge in [-0.1, -0.05) is 22.0 Å². The van der Waals surface area contributed by atoms with Crippen molar-refractivity contribution in [3.8, 4) is 11.3 Å². The fraction of sp³-hybridized carbons (Fsp3) is 0.357. The number of benzene rings is 1. The minimum atomic E-state index is 0.358. The number of rotatable bonds is 2. The lowest BCUT2D eigenvalue weighted by Crippen LogP contribution is -2.35. The summed E-state index contributed by atoms with van der Waals surface area (Å²) in [4.78, 5) is 7.93. The Balaban J connectivity index is 1.90. The van der Waals surface area contributed by atoms with E-state index in [0.717, 1.165) is 28.8 Å². The standard InChI is InChI=1S/C14H16BrN3/c1-8-2-3-10(15)6-12(8)13-7-17-14(18-13)9-4-11(16)5-9/h2-3,6-7,9,11H,4-5,16H2,1H3,(H,17,18). The summed E-state index contributed by atoms with van der Waals surface area (Å²) < 4.78 is 1.09. The lowest BCUT2D eigenvalue weighted by molar-refractivity contribution is 0.340. The maximum atomic E-state index is 5.82. The number of aromatic amines is 1. The topological polar surface area (TPSA) is 54.7 Å². The zero-order valence-electron chi connectivity index (χ0n) is 10.3. The summed E-state index contributed by atoms with van der Waals surface area (Å²) in [5.41, 5.74) is 9.36. The number of aromatic nitrogens is 2. The first-order valence-corrected chi connectivity index (χ1v) is 7.00. The smallest absolute Gasteiger partial charge is 0.109 e. The number of nitrogens with zero attached hydrogens (tertiary/aromatic N) is 1. The van der Waals surface area contributed by atoms with Crippen molar-refractivity contribution in [2.24, 2.45) is 5.73 Å². The third kappa shape index (κ3) is 2.10. The van der Waals surface area contributed by atoms with Crippen LogP contribution in [0.25, 0.3) is 11.3 Å². The number of halogens is 1. The van der Waals surface area contributed by atoms with Gasteiger partial charge in [0.2, 0.25) is 0 Å². The number of aryl methyl sites for hydroxylation is 1. The van der Waals surface area contributed by atoms with Gasteiger partial charge in [0.1, 0.15) is 5.82 Å². The fourth-order valence-corrected chi connectivity index (χ4v) is 2.81. The molecule has 1 aliphatic carbocycles. The highest BCUT2D eigenvalue weighted by Gasteiger charge is 2.29. The molecule has 18 heavy (non-hydrogen) atoms. The van der Waals surface area contributed by atoms with E-state index in [9.17, 15) is 0 Å². The Kier molecular flexibility index (Phi) is 2.99. The maximum Gasteiger partial charge on any atom is 0.109 e. The van der Waals surface area contributed by atoms with Crippen LogP contribution in [0.4, 0.5) is 0 Å². The van der Waals surface area contributed by atoms with Gasteiger partial charge in [0.05, 0.1) is 11.9 Å². The van der Waals surface area contributed by atoms with Crippen LogP contribution in [0.3, 0.4) is 0 Å². The van der Waals surface area contributed by atoms with Crippen molar-refractivity contribution in [2.75, 3.05) is 0 Å². The van der Waals surface area contributed by atoms with Gasteiger partial charge >= 0.3 is 0 Å². The molecule has 1 aromatic heterocycles. The highest BCUT2D eigenvalue weighted by molar-refractivity contribution is 9.10. The van der Waals surface area contributed by atoms with Gasteiger partial charge in [-0.15, -0.1) is 0 Å². The predicted molar refractivity (Wildman–Crippen MR) is 76.4 cm³/mol. The Morgan fingerprint density at radius 2 is 2.17 bits per heavy atom. The van der Waals surface area contributed by atoms with Gasteiger partial charge in [-0.3, -0.25) is 0 Å². The number of nitrogens with two attached hydrogens (primary N) is 1. The van der Waals surface area contributed by atoms with E-state index in [1.807, 2.05) is 6.20 Å². The summed E-state index contributed by atoms with van der Waals surface area (Å²) >= 11 is 3.51. The third-order valence-corrected chi connectivity index (χ3v) is 4.14. The summed E-state index contributed by atoms with van der Waals surface area (Å²) in [7, 11) is 0. The molecule has 0 spiro atoms. The van der Waals surface area contributed by atoms with Crippen LogP contribution in [0.2, 0.25) is 0 Å². The van der Waals surface area contributed by atoms with Gasteiger partial charge < -0.3 is 10.7 Å². The SMILES string of the molecule is Cc1ccc(Br)cc1-c1cnc(C2CC(N)C2)[nH]1. The average molecular weight is 306 g/mol. The third-order valence-electron chi connectivity index (χ3n) is 3.65. The van der Waals surface area contributed by atoms with Crippen molar-refractivity contribution < 1.29 is 0 Å². The van der Waals surface area contributed by atoms with E-state index in [1.165, 1.54) is 11.1 Å². The second-order valence-electron chi connectivity index (χ2n) is 5.07. The van der Waals surface area contributed by atoms with Gasteiger partial charge in [0.25, 0.3) is 0 Å². The summed E-state index contributed by atoms with van der Waals surface area (Å²) in [6.07, 6.45) is 4.02. The molecule has 1 saturated carbocycles. The Morgan fingerprint density at radius 1 is 1.39 bits per heavy atom. The summed E-state index contributed by atoms with van der Waals surface area (Å²) in [6, 6.07) is 6.65. The Bertz CT molecular complexity index is 570. The number of H-pyrrole nitrogens is 1. The largest absolute Gasteiger partial charge is 0.342 e. The van der Waals surface area contributed by atoms with Crippen LogP contribution >= 0.6 is 15.9 Å². The molecular formula is C14H16BrN3. The normalized spacial score (nSPS) is 22.8. The molecule has 3 nitrogen and oxygen atoms in total. The average Bonchev–Trinajstić information content (AvgIpc) is 2.77. The zero-order chi connectivity index (χ0) is 12.7. The second-order valence-corrected chi connectivity index (χ2v) is 5.99. The number of hydrogen-bond donors (Lipinski definition) is 2. The first kappa shape index (κ1) is 11.9. The molecule has 1 aliphatic rings. The van der Waals surface area contributed by atoms with Crippen molar-refractivity contribution in [2.45, 2.75) is 31.7 Å². The van der Waals surface area contributed by atoms with Crippen molar-refractivity contribution in [1.29, 1.82) is 0 Å². The van der Waals surface area contributed by atoms with Crippen LogP contribution in [0, 0.1) is 6.92 Å². The molecule has 0 saturated heterocycles. The lowest BCUT2D eigenvalue weighted by atomic mass is 9.80. The van der Waals surface area contributed by atoms with Crippen molar-refractivity contribution in [3.63, 3.8) is 0 Å². The number of hydrogen-bond acceptors (Lipinski definition) is 2. The van der Waals surface area contributed by atoms with E-state index in [4.69, 9.17) is 5.73 Å². The molecule has 1 heterocycles. The minimum Gasteiger partial charge on any atom is -0.342 e. The van der Waals surface area contributed by atoms with Gasteiger partial charge in [-0.2, -0.15) is 0 Å². The fourth-order valence-electron chi connectivity index (χ4n) is 2.45. The first-order chi connectivity index (χ1) is 8.63.